The van der Waals surface area contributed by atoms with Gasteiger partial charge in [0.2, 0.25) is 5.91 Å². The van der Waals surface area contributed by atoms with Crippen LogP contribution in [-0.4, -0.2) is 49.1 Å². The van der Waals surface area contributed by atoms with Crippen molar-refractivity contribution in [1.82, 2.24) is 15.5 Å². The van der Waals surface area contributed by atoms with Crippen molar-refractivity contribution in [1.29, 1.82) is 0 Å². The van der Waals surface area contributed by atoms with E-state index < -0.39 is 0 Å². The normalized spacial score (nSPS) is 25.2. The molecule has 4 nitrogen and oxygen atoms in total. The Morgan fingerprint density at radius 2 is 1.78 bits per heavy atom. The molecule has 0 aromatic heterocycles. The smallest absolute Gasteiger partial charge is 0.234 e. The number of nitrogens with one attached hydrogen (secondary N) is 2. The van der Waals surface area contributed by atoms with Gasteiger partial charge >= 0.3 is 0 Å². The molecule has 0 aromatic rings. The molecule has 0 aliphatic heterocycles. The number of rotatable bonds is 4. The minimum absolute atomic E-state index is 0.126. The Bertz CT molecular complexity index is 265. The van der Waals surface area contributed by atoms with Crippen molar-refractivity contribution in [3.63, 3.8) is 0 Å². The van der Waals surface area contributed by atoms with Crippen LogP contribution in [0.15, 0.2) is 0 Å². The summed E-state index contributed by atoms with van der Waals surface area (Å²) in [7, 11) is 4.10. The van der Waals surface area contributed by atoms with Crippen LogP contribution in [0.4, 0.5) is 0 Å². The minimum atomic E-state index is -0.137. The van der Waals surface area contributed by atoms with Crippen molar-refractivity contribution in [2.75, 3.05) is 20.6 Å². The lowest BCUT2D eigenvalue weighted by molar-refractivity contribution is -0.124. The Morgan fingerprint density at radius 3 is 2.22 bits per heavy atom. The largest absolute Gasteiger partial charge is 0.350 e. The molecule has 1 amide bonds. The third kappa shape index (κ3) is 5.36. The zero-order valence-corrected chi connectivity index (χ0v) is 12.5. The summed E-state index contributed by atoms with van der Waals surface area (Å²) in [6.45, 7) is 6.56. The average Bonchev–Trinajstić information content (AvgIpc) is 2.26. The maximum Gasteiger partial charge on any atom is 0.234 e. The molecule has 4 heteroatoms. The first-order valence-corrected chi connectivity index (χ1v) is 7.00. The maximum atomic E-state index is 11.9. The van der Waals surface area contributed by atoms with Crippen LogP contribution in [0.2, 0.25) is 0 Å². The molecular weight excluding hydrogens is 226 g/mol. The number of hydrogen-bond donors (Lipinski definition) is 2. The average molecular weight is 255 g/mol. The molecule has 0 aromatic carbocycles. The highest BCUT2D eigenvalue weighted by Crippen LogP contribution is 2.21. The number of amides is 1. The van der Waals surface area contributed by atoms with E-state index in [1.807, 2.05) is 27.8 Å². The second-order valence-electron chi connectivity index (χ2n) is 6.51. The molecule has 0 saturated heterocycles. The number of carbonyl (C=O) groups excluding carboxylic acids is 1. The molecule has 0 heterocycles. The number of carbonyl (C=O) groups is 1. The molecule has 0 atom stereocenters. The van der Waals surface area contributed by atoms with Crippen LogP contribution in [-0.2, 0) is 4.79 Å². The lowest BCUT2D eigenvalue weighted by Gasteiger charge is -2.34. The summed E-state index contributed by atoms with van der Waals surface area (Å²) in [5.74, 6) is 0.126. The summed E-state index contributed by atoms with van der Waals surface area (Å²) in [5.41, 5.74) is -0.137. The van der Waals surface area contributed by atoms with Crippen molar-refractivity contribution < 1.29 is 4.79 Å². The van der Waals surface area contributed by atoms with Gasteiger partial charge in [0, 0.05) is 17.6 Å². The highest BCUT2D eigenvalue weighted by atomic mass is 16.2. The fourth-order valence-corrected chi connectivity index (χ4v) is 2.62. The first-order chi connectivity index (χ1) is 8.31. The van der Waals surface area contributed by atoms with Gasteiger partial charge in [0.1, 0.15) is 0 Å². The topological polar surface area (TPSA) is 44.4 Å². The first-order valence-electron chi connectivity index (χ1n) is 7.00. The van der Waals surface area contributed by atoms with Gasteiger partial charge in [-0.1, -0.05) is 0 Å². The van der Waals surface area contributed by atoms with Gasteiger partial charge in [-0.05, 0) is 60.5 Å². The minimum Gasteiger partial charge on any atom is -0.350 e. The molecular formula is C14H29N3O. The molecule has 2 N–H and O–H groups in total. The van der Waals surface area contributed by atoms with E-state index in [-0.39, 0.29) is 11.4 Å². The van der Waals surface area contributed by atoms with Gasteiger partial charge in [-0.3, -0.25) is 9.69 Å². The molecule has 1 aliphatic carbocycles. The zero-order chi connectivity index (χ0) is 13.8. The maximum absolute atomic E-state index is 11.9. The molecule has 1 saturated carbocycles. The molecule has 0 spiro atoms. The summed E-state index contributed by atoms with van der Waals surface area (Å²) in [6.07, 6.45) is 4.80. The summed E-state index contributed by atoms with van der Waals surface area (Å²) < 4.78 is 0. The number of likely N-dealkylation sites (N-methyl/N-ethyl adjacent to an activating group) is 1. The van der Waals surface area contributed by atoms with Crippen LogP contribution in [0.3, 0.4) is 0 Å². The summed E-state index contributed by atoms with van der Waals surface area (Å²) >= 11 is 0. The van der Waals surface area contributed by atoms with E-state index in [9.17, 15) is 4.79 Å². The number of hydrogen-bond acceptors (Lipinski definition) is 3. The van der Waals surface area contributed by atoms with Crippen molar-refractivity contribution in [2.24, 2.45) is 0 Å². The zero-order valence-electron chi connectivity index (χ0n) is 12.5. The van der Waals surface area contributed by atoms with Gasteiger partial charge < -0.3 is 10.6 Å². The molecule has 106 valence electrons. The van der Waals surface area contributed by atoms with Crippen molar-refractivity contribution in [2.45, 2.75) is 64.1 Å². The molecule has 1 rings (SSSR count). The van der Waals surface area contributed by atoms with Gasteiger partial charge in [-0.15, -0.1) is 0 Å². The molecule has 1 aliphatic rings. The Hall–Kier alpha value is -0.610. The molecule has 0 unspecified atom stereocenters. The fraction of sp³-hybridized carbons (Fsp3) is 0.929. The molecule has 1 fully saturated rings. The monoisotopic (exact) mass is 255 g/mol. The SMILES string of the molecule is CNC1CCC(N(C)CC(=O)NC(C)(C)C)CC1. The predicted molar refractivity (Wildman–Crippen MR) is 75.6 cm³/mol. The van der Waals surface area contributed by atoms with Crippen LogP contribution < -0.4 is 10.6 Å². The second-order valence-corrected chi connectivity index (χ2v) is 6.51. The van der Waals surface area contributed by atoms with Gasteiger partial charge in [-0.2, -0.15) is 0 Å². The standard InChI is InChI=1S/C14H29N3O/c1-14(2,3)16-13(18)10-17(5)12-8-6-11(15-4)7-9-12/h11-12,15H,6-10H2,1-5H3,(H,16,18). The van der Waals surface area contributed by atoms with Gasteiger partial charge in [-0.25, -0.2) is 0 Å². The quantitative estimate of drug-likeness (QED) is 0.797. The Morgan fingerprint density at radius 1 is 1.22 bits per heavy atom. The lowest BCUT2D eigenvalue weighted by Crippen LogP contribution is -2.48. The summed E-state index contributed by atoms with van der Waals surface area (Å²) in [4.78, 5) is 14.1. The van der Waals surface area contributed by atoms with E-state index in [4.69, 9.17) is 0 Å². The third-order valence-corrected chi connectivity index (χ3v) is 3.64. The van der Waals surface area contributed by atoms with Crippen LogP contribution >= 0.6 is 0 Å². The number of nitrogens with zero attached hydrogens (tertiary/aromatic N) is 1. The molecule has 0 bridgehead atoms. The lowest BCUT2D eigenvalue weighted by atomic mass is 9.90. The highest BCUT2D eigenvalue weighted by Gasteiger charge is 2.24. The summed E-state index contributed by atoms with van der Waals surface area (Å²) in [6, 6.07) is 1.22. The molecule has 0 radical (unpaired) electrons. The van der Waals surface area contributed by atoms with Crippen molar-refractivity contribution >= 4 is 5.91 Å². The fourth-order valence-electron chi connectivity index (χ4n) is 2.62. The van der Waals surface area contributed by atoms with Crippen molar-refractivity contribution in [3.05, 3.63) is 0 Å². The van der Waals surface area contributed by atoms with E-state index in [0.717, 1.165) is 0 Å². The van der Waals surface area contributed by atoms with Gasteiger partial charge in [0.05, 0.1) is 6.54 Å². The highest BCUT2D eigenvalue weighted by molar-refractivity contribution is 5.78. The summed E-state index contributed by atoms with van der Waals surface area (Å²) in [5, 5.41) is 6.35. The first kappa shape index (κ1) is 15.4. The third-order valence-electron chi connectivity index (χ3n) is 3.64. The van der Waals surface area contributed by atoms with E-state index in [2.05, 4.69) is 22.6 Å². The van der Waals surface area contributed by atoms with Crippen LogP contribution in [0, 0.1) is 0 Å². The Balaban J connectivity index is 2.33. The van der Waals surface area contributed by atoms with Crippen LogP contribution in [0.5, 0.6) is 0 Å². The Labute approximate surface area is 111 Å². The van der Waals surface area contributed by atoms with Crippen LogP contribution in [0.1, 0.15) is 46.5 Å². The van der Waals surface area contributed by atoms with Gasteiger partial charge in [0.15, 0.2) is 0 Å². The van der Waals surface area contributed by atoms with Gasteiger partial charge in [0.25, 0.3) is 0 Å². The second kappa shape index (κ2) is 6.53. The van der Waals surface area contributed by atoms with Crippen LogP contribution in [0.25, 0.3) is 0 Å². The van der Waals surface area contributed by atoms with E-state index in [1.165, 1.54) is 25.7 Å². The van der Waals surface area contributed by atoms with Crippen molar-refractivity contribution in [3.8, 4) is 0 Å². The van der Waals surface area contributed by atoms with E-state index >= 15 is 0 Å². The predicted octanol–water partition coefficient (Wildman–Crippen LogP) is 1.36. The van der Waals surface area contributed by atoms with E-state index in [1.54, 1.807) is 0 Å². The molecule has 18 heavy (non-hydrogen) atoms. The Kier molecular flexibility index (Phi) is 5.60. The van der Waals surface area contributed by atoms with E-state index in [0.29, 0.717) is 18.6 Å².